The lowest BCUT2D eigenvalue weighted by Crippen LogP contribution is -2.40. The van der Waals surface area contributed by atoms with Crippen molar-refractivity contribution in [3.8, 4) is 0 Å². The number of nitrogens with two attached hydrogens (primary N) is 1. The number of nitrogen functional groups attached to an aromatic ring is 1. The van der Waals surface area contributed by atoms with Gasteiger partial charge in [-0.15, -0.1) is 11.3 Å². The Bertz CT molecular complexity index is 356. The molecule has 1 aromatic rings. The number of aromatic nitrogens is 1. The van der Waals surface area contributed by atoms with Crippen molar-refractivity contribution < 1.29 is 0 Å². The number of fused-ring (bicyclic) bond motifs is 1. The van der Waals surface area contributed by atoms with Crippen LogP contribution in [-0.4, -0.2) is 29.0 Å². The highest BCUT2D eigenvalue weighted by Crippen LogP contribution is 2.30. The van der Waals surface area contributed by atoms with Crippen molar-refractivity contribution in [1.82, 2.24) is 9.88 Å². The topological polar surface area (TPSA) is 42.2 Å². The number of rotatable bonds is 5. The summed E-state index contributed by atoms with van der Waals surface area (Å²) in [5.41, 5.74) is 7.05. The molecule has 0 fully saturated rings. The van der Waals surface area contributed by atoms with Crippen LogP contribution in [0.2, 0.25) is 0 Å². The molecule has 0 spiro atoms. The van der Waals surface area contributed by atoms with E-state index in [0.717, 1.165) is 18.0 Å². The van der Waals surface area contributed by atoms with Crippen LogP contribution in [0.3, 0.4) is 0 Å². The van der Waals surface area contributed by atoms with E-state index in [4.69, 9.17) is 5.73 Å². The second-order valence-corrected chi connectivity index (χ2v) is 5.97. The van der Waals surface area contributed by atoms with Gasteiger partial charge in [-0.1, -0.05) is 13.8 Å². The third-order valence-electron chi connectivity index (χ3n) is 3.47. The van der Waals surface area contributed by atoms with Gasteiger partial charge in [-0.05, 0) is 45.2 Å². The lowest BCUT2D eigenvalue weighted by molar-refractivity contribution is 0.180. The van der Waals surface area contributed by atoms with E-state index in [1.807, 2.05) is 0 Å². The van der Waals surface area contributed by atoms with Gasteiger partial charge in [0.05, 0.1) is 5.69 Å². The van der Waals surface area contributed by atoms with Crippen molar-refractivity contribution in [2.24, 2.45) is 0 Å². The summed E-state index contributed by atoms with van der Waals surface area (Å²) in [5.74, 6) is 0. The molecule has 0 aromatic carbocycles. The number of anilines is 1. The van der Waals surface area contributed by atoms with Crippen LogP contribution in [0.1, 0.15) is 43.7 Å². The fourth-order valence-electron chi connectivity index (χ4n) is 2.74. The van der Waals surface area contributed by atoms with Crippen LogP contribution in [-0.2, 0) is 12.8 Å². The first-order valence-electron chi connectivity index (χ1n) is 6.72. The Morgan fingerprint density at radius 1 is 1.35 bits per heavy atom. The molecule has 1 aromatic heterocycles. The maximum atomic E-state index is 5.79. The van der Waals surface area contributed by atoms with Gasteiger partial charge in [-0.3, -0.25) is 0 Å². The van der Waals surface area contributed by atoms with Crippen LogP contribution in [0, 0.1) is 0 Å². The molecule has 0 aliphatic heterocycles. The largest absolute Gasteiger partial charge is 0.375 e. The lowest BCUT2D eigenvalue weighted by Gasteiger charge is -2.33. The third kappa shape index (κ3) is 2.99. The Balaban J connectivity index is 2.04. The zero-order chi connectivity index (χ0) is 12.3. The molecule has 0 unspecified atom stereocenters. The van der Waals surface area contributed by atoms with Crippen molar-refractivity contribution >= 4 is 16.5 Å². The number of hydrogen-bond donors (Lipinski definition) is 1. The normalized spacial score (nSPS) is 19.6. The van der Waals surface area contributed by atoms with Crippen LogP contribution in [0.4, 0.5) is 5.13 Å². The molecular formula is C13H23N3S. The first kappa shape index (κ1) is 12.8. The van der Waals surface area contributed by atoms with E-state index in [0.29, 0.717) is 6.04 Å². The van der Waals surface area contributed by atoms with Crippen LogP contribution in [0.5, 0.6) is 0 Å². The molecule has 0 amide bonds. The van der Waals surface area contributed by atoms with Crippen LogP contribution < -0.4 is 5.73 Å². The molecule has 1 aliphatic carbocycles. The van der Waals surface area contributed by atoms with Crippen molar-refractivity contribution in [3.63, 3.8) is 0 Å². The molecule has 96 valence electrons. The highest BCUT2D eigenvalue weighted by Gasteiger charge is 2.25. The molecule has 2 rings (SSSR count). The highest BCUT2D eigenvalue weighted by molar-refractivity contribution is 7.15. The summed E-state index contributed by atoms with van der Waals surface area (Å²) >= 11 is 1.69. The summed E-state index contributed by atoms with van der Waals surface area (Å²) in [5, 5.41) is 0.744. The molecule has 0 bridgehead atoms. The smallest absolute Gasteiger partial charge is 0.180 e. The Morgan fingerprint density at radius 3 is 2.71 bits per heavy atom. The molecule has 17 heavy (non-hydrogen) atoms. The van der Waals surface area contributed by atoms with E-state index in [1.54, 1.807) is 11.3 Å². The number of hydrogen-bond acceptors (Lipinski definition) is 4. The van der Waals surface area contributed by atoms with Gasteiger partial charge in [-0.2, -0.15) is 0 Å². The molecule has 1 heterocycles. The zero-order valence-corrected chi connectivity index (χ0v) is 11.7. The average molecular weight is 253 g/mol. The van der Waals surface area contributed by atoms with Crippen molar-refractivity contribution in [1.29, 1.82) is 0 Å². The minimum atomic E-state index is 0.710. The van der Waals surface area contributed by atoms with Crippen molar-refractivity contribution in [2.45, 2.75) is 52.0 Å². The SMILES string of the molecule is CCCN(CCC)[C@@H]1CCc2nc(N)sc2C1. The predicted molar refractivity (Wildman–Crippen MR) is 74.5 cm³/mol. The Labute approximate surface area is 108 Å². The van der Waals surface area contributed by atoms with E-state index in [-0.39, 0.29) is 0 Å². The van der Waals surface area contributed by atoms with Gasteiger partial charge in [-0.25, -0.2) is 4.98 Å². The average Bonchev–Trinajstić information content (AvgIpc) is 2.67. The molecule has 3 nitrogen and oxygen atoms in total. The van der Waals surface area contributed by atoms with Gasteiger partial charge in [0, 0.05) is 10.9 Å². The standard InChI is InChI=1S/C13H23N3S/c1-3-7-16(8-4-2)10-5-6-11-12(9-10)17-13(14)15-11/h10H,3-9H2,1-2H3,(H2,14,15)/t10-/m1/s1. The Morgan fingerprint density at radius 2 is 2.06 bits per heavy atom. The van der Waals surface area contributed by atoms with E-state index in [1.165, 1.54) is 42.9 Å². The van der Waals surface area contributed by atoms with Gasteiger partial charge in [0.25, 0.3) is 0 Å². The summed E-state index contributed by atoms with van der Waals surface area (Å²) < 4.78 is 0. The monoisotopic (exact) mass is 253 g/mol. The van der Waals surface area contributed by atoms with E-state index < -0.39 is 0 Å². The second-order valence-electron chi connectivity index (χ2n) is 4.85. The first-order valence-corrected chi connectivity index (χ1v) is 7.54. The zero-order valence-electron chi connectivity index (χ0n) is 10.9. The Kier molecular flexibility index (Phi) is 4.40. The minimum Gasteiger partial charge on any atom is -0.375 e. The number of nitrogens with zero attached hydrogens (tertiary/aromatic N) is 2. The molecular weight excluding hydrogens is 230 g/mol. The number of thiazole rings is 1. The number of aryl methyl sites for hydroxylation is 1. The first-order chi connectivity index (χ1) is 8.24. The van der Waals surface area contributed by atoms with Crippen LogP contribution >= 0.6 is 11.3 Å². The lowest BCUT2D eigenvalue weighted by atomic mass is 9.96. The summed E-state index contributed by atoms with van der Waals surface area (Å²) in [4.78, 5) is 8.49. The minimum absolute atomic E-state index is 0.710. The molecule has 0 saturated heterocycles. The van der Waals surface area contributed by atoms with E-state index in [2.05, 4.69) is 23.7 Å². The molecule has 4 heteroatoms. The van der Waals surface area contributed by atoms with Crippen LogP contribution in [0.15, 0.2) is 0 Å². The fourth-order valence-corrected chi connectivity index (χ4v) is 3.69. The molecule has 1 aliphatic rings. The maximum Gasteiger partial charge on any atom is 0.180 e. The quantitative estimate of drug-likeness (QED) is 0.877. The van der Waals surface area contributed by atoms with Gasteiger partial charge in [0.1, 0.15) is 0 Å². The molecule has 0 radical (unpaired) electrons. The molecule has 2 N–H and O–H groups in total. The summed E-state index contributed by atoms with van der Waals surface area (Å²) in [6.45, 7) is 6.98. The van der Waals surface area contributed by atoms with Gasteiger partial charge in [0.15, 0.2) is 5.13 Å². The highest BCUT2D eigenvalue weighted by atomic mass is 32.1. The van der Waals surface area contributed by atoms with Crippen molar-refractivity contribution in [2.75, 3.05) is 18.8 Å². The maximum absolute atomic E-state index is 5.79. The van der Waals surface area contributed by atoms with Crippen molar-refractivity contribution in [3.05, 3.63) is 10.6 Å². The van der Waals surface area contributed by atoms with Gasteiger partial charge >= 0.3 is 0 Å². The summed E-state index contributed by atoms with van der Waals surface area (Å²) in [7, 11) is 0. The predicted octanol–water partition coefficient (Wildman–Crippen LogP) is 2.70. The van der Waals surface area contributed by atoms with Gasteiger partial charge < -0.3 is 10.6 Å². The van der Waals surface area contributed by atoms with E-state index in [9.17, 15) is 0 Å². The second kappa shape index (κ2) is 5.83. The third-order valence-corrected chi connectivity index (χ3v) is 4.42. The summed E-state index contributed by atoms with van der Waals surface area (Å²) in [6, 6.07) is 0.710. The molecule has 1 atom stereocenters. The van der Waals surface area contributed by atoms with Gasteiger partial charge in [0.2, 0.25) is 0 Å². The van der Waals surface area contributed by atoms with Crippen LogP contribution in [0.25, 0.3) is 0 Å². The summed E-state index contributed by atoms with van der Waals surface area (Å²) in [6.07, 6.45) is 6.00. The Hall–Kier alpha value is -0.610. The molecule has 0 saturated carbocycles. The van der Waals surface area contributed by atoms with E-state index >= 15 is 0 Å². The fraction of sp³-hybridized carbons (Fsp3) is 0.769.